The van der Waals surface area contributed by atoms with Gasteiger partial charge in [-0.15, -0.1) is 0 Å². The van der Waals surface area contributed by atoms with Gasteiger partial charge in [0, 0.05) is 11.6 Å². The van der Waals surface area contributed by atoms with Crippen LogP contribution in [0, 0.1) is 5.41 Å². The number of unbranched alkanes of at least 4 members (excludes halogenated alkanes) is 2. The highest BCUT2D eigenvalue weighted by molar-refractivity contribution is 7.22. The fourth-order valence-electron chi connectivity index (χ4n) is 2.23. The molecule has 1 aromatic carbocycles. The molecule has 110 valence electrons. The number of rotatable bonds is 7. The molecule has 0 aliphatic rings. The average molecular weight is 311 g/mol. The van der Waals surface area contributed by atoms with Gasteiger partial charge in [-0.2, -0.15) is 0 Å². The number of hydrogen-bond acceptors (Lipinski definition) is 3. The van der Waals surface area contributed by atoms with E-state index >= 15 is 0 Å². The predicted molar refractivity (Wildman–Crippen MR) is 91.0 cm³/mol. The van der Waals surface area contributed by atoms with Crippen LogP contribution in [-0.4, -0.2) is 11.5 Å². The lowest BCUT2D eigenvalue weighted by atomic mass is 9.87. The molecule has 0 radical (unpaired) electrons. The highest BCUT2D eigenvalue weighted by Gasteiger charge is 2.17. The summed E-state index contributed by atoms with van der Waals surface area (Å²) in [5, 5.41) is 5.22. The molecule has 0 amide bonds. The fourth-order valence-corrected chi connectivity index (χ4v) is 3.24. The minimum atomic E-state index is 0.310. The molecule has 0 saturated heterocycles. The van der Waals surface area contributed by atoms with E-state index in [0.29, 0.717) is 5.41 Å². The summed E-state index contributed by atoms with van der Waals surface area (Å²) in [4.78, 5) is 4.60. The third-order valence-electron chi connectivity index (χ3n) is 3.52. The van der Waals surface area contributed by atoms with Gasteiger partial charge in [-0.25, -0.2) is 4.98 Å². The fraction of sp³-hybridized carbons (Fsp3) is 0.562. The quantitative estimate of drug-likeness (QED) is 0.637. The first-order chi connectivity index (χ1) is 9.50. The lowest BCUT2D eigenvalue weighted by Gasteiger charge is -2.24. The van der Waals surface area contributed by atoms with Crippen LogP contribution in [0.5, 0.6) is 0 Å². The van der Waals surface area contributed by atoms with Crippen molar-refractivity contribution in [1.29, 1.82) is 0 Å². The molecule has 0 aliphatic carbocycles. The van der Waals surface area contributed by atoms with Gasteiger partial charge in [-0.3, -0.25) is 0 Å². The summed E-state index contributed by atoms with van der Waals surface area (Å²) in [7, 11) is 0. The van der Waals surface area contributed by atoms with Crippen LogP contribution in [-0.2, 0) is 0 Å². The molecule has 1 N–H and O–H groups in total. The Morgan fingerprint density at radius 2 is 2.10 bits per heavy atom. The molecular formula is C16H23ClN2S. The van der Waals surface area contributed by atoms with E-state index in [1.807, 2.05) is 18.2 Å². The Morgan fingerprint density at radius 3 is 2.85 bits per heavy atom. The zero-order valence-corrected chi connectivity index (χ0v) is 14.1. The van der Waals surface area contributed by atoms with Gasteiger partial charge in [-0.05, 0) is 30.0 Å². The zero-order chi connectivity index (χ0) is 14.6. The van der Waals surface area contributed by atoms with Crippen LogP contribution in [0.3, 0.4) is 0 Å². The zero-order valence-electron chi connectivity index (χ0n) is 12.5. The summed E-state index contributed by atoms with van der Waals surface area (Å²) in [5.41, 5.74) is 1.29. The molecule has 0 bridgehead atoms. The minimum Gasteiger partial charge on any atom is -0.361 e. The van der Waals surface area contributed by atoms with Gasteiger partial charge < -0.3 is 5.32 Å². The normalized spacial score (nSPS) is 12.0. The molecule has 2 aromatic rings. The predicted octanol–water partition coefficient (Wildman–Crippen LogP) is 5.97. The van der Waals surface area contributed by atoms with Crippen LogP contribution >= 0.6 is 22.9 Å². The maximum Gasteiger partial charge on any atom is 0.183 e. The van der Waals surface area contributed by atoms with Crippen LogP contribution in [0.4, 0.5) is 5.13 Å². The van der Waals surface area contributed by atoms with Crippen molar-refractivity contribution in [3.8, 4) is 0 Å². The Balaban J connectivity index is 1.94. The molecular weight excluding hydrogens is 288 g/mol. The highest BCUT2D eigenvalue weighted by atomic mass is 35.5. The SMILES string of the molecule is CCCCCC(C)(C)CNc1nc2cc(Cl)ccc2s1. The average Bonchev–Trinajstić information content (AvgIpc) is 2.79. The summed E-state index contributed by atoms with van der Waals surface area (Å²) in [5.74, 6) is 0. The summed E-state index contributed by atoms with van der Waals surface area (Å²) in [6.45, 7) is 7.85. The van der Waals surface area contributed by atoms with Crippen molar-refractivity contribution in [2.45, 2.75) is 46.5 Å². The number of aromatic nitrogens is 1. The van der Waals surface area contributed by atoms with Gasteiger partial charge in [0.05, 0.1) is 10.2 Å². The standard InChI is InChI=1S/C16H23ClN2S/c1-4-5-6-9-16(2,3)11-18-15-19-13-10-12(17)7-8-14(13)20-15/h7-8,10H,4-6,9,11H2,1-3H3,(H,18,19). The first kappa shape index (κ1) is 15.6. The van der Waals surface area contributed by atoms with E-state index in [-0.39, 0.29) is 0 Å². The van der Waals surface area contributed by atoms with Crippen LogP contribution in [0.25, 0.3) is 10.2 Å². The van der Waals surface area contributed by atoms with Crippen molar-refractivity contribution < 1.29 is 0 Å². The Kier molecular flexibility index (Phi) is 5.28. The van der Waals surface area contributed by atoms with Gasteiger partial charge in [-0.1, -0.05) is 63.0 Å². The molecule has 0 spiro atoms. The monoisotopic (exact) mass is 310 g/mol. The smallest absolute Gasteiger partial charge is 0.183 e. The topological polar surface area (TPSA) is 24.9 Å². The first-order valence-electron chi connectivity index (χ1n) is 7.30. The van der Waals surface area contributed by atoms with Gasteiger partial charge in [0.1, 0.15) is 0 Å². The number of nitrogens with one attached hydrogen (secondary N) is 1. The highest BCUT2D eigenvalue weighted by Crippen LogP contribution is 2.30. The van der Waals surface area contributed by atoms with Crippen LogP contribution in [0.2, 0.25) is 5.02 Å². The summed E-state index contributed by atoms with van der Waals surface area (Å²) in [6, 6.07) is 5.87. The van der Waals surface area contributed by atoms with E-state index in [1.165, 1.54) is 30.4 Å². The van der Waals surface area contributed by atoms with Crippen LogP contribution < -0.4 is 5.32 Å². The second-order valence-electron chi connectivity index (χ2n) is 6.11. The van der Waals surface area contributed by atoms with Crippen LogP contribution in [0.15, 0.2) is 18.2 Å². The third-order valence-corrected chi connectivity index (χ3v) is 4.75. The van der Waals surface area contributed by atoms with Crippen molar-refractivity contribution in [1.82, 2.24) is 4.98 Å². The number of thiazole rings is 1. The third kappa shape index (κ3) is 4.35. The van der Waals surface area contributed by atoms with Gasteiger partial charge in [0.25, 0.3) is 0 Å². The van der Waals surface area contributed by atoms with Crippen molar-refractivity contribution in [3.05, 3.63) is 23.2 Å². The number of anilines is 1. The Bertz CT molecular complexity index is 563. The number of halogens is 1. The summed E-state index contributed by atoms with van der Waals surface area (Å²) < 4.78 is 1.18. The van der Waals surface area contributed by atoms with Crippen molar-refractivity contribution in [2.24, 2.45) is 5.41 Å². The summed E-state index contributed by atoms with van der Waals surface area (Å²) >= 11 is 7.69. The maximum absolute atomic E-state index is 5.99. The molecule has 2 rings (SSSR count). The minimum absolute atomic E-state index is 0.310. The largest absolute Gasteiger partial charge is 0.361 e. The lowest BCUT2D eigenvalue weighted by molar-refractivity contribution is 0.342. The van der Waals surface area contributed by atoms with Gasteiger partial charge >= 0.3 is 0 Å². The molecule has 0 saturated carbocycles. The van der Waals surface area contributed by atoms with E-state index in [1.54, 1.807) is 11.3 Å². The molecule has 0 fully saturated rings. The number of fused-ring (bicyclic) bond motifs is 1. The van der Waals surface area contributed by atoms with E-state index in [4.69, 9.17) is 11.6 Å². The Labute approximate surface area is 130 Å². The molecule has 2 nitrogen and oxygen atoms in total. The molecule has 4 heteroatoms. The maximum atomic E-state index is 5.99. The van der Waals surface area contributed by atoms with Crippen molar-refractivity contribution in [3.63, 3.8) is 0 Å². The van der Waals surface area contributed by atoms with E-state index in [9.17, 15) is 0 Å². The Hall–Kier alpha value is -0.800. The molecule has 1 heterocycles. The molecule has 0 unspecified atom stereocenters. The molecule has 0 aliphatic heterocycles. The molecule has 0 atom stereocenters. The van der Waals surface area contributed by atoms with Crippen molar-refractivity contribution >= 4 is 38.3 Å². The first-order valence-corrected chi connectivity index (χ1v) is 8.49. The number of benzene rings is 1. The second-order valence-corrected chi connectivity index (χ2v) is 7.57. The molecule has 20 heavy (non-hydrogen) atoms. The van der Waals surface area contributed by atoms with E-state index in [0.717, 1.165) is 22.2 Å². The van der Waals surface area contributed by atoms with E-state index < -0.39 is 0 Å². The van der Waals surface area contributed by atoms with Crippen LogP contribution in [0.1, 0.15) is 46.5 Å². The second kappa shape index (κ2) is 6.77. The lowest BCUT2D eigenvalue weighted by Crippen LogP contribution is -2.22. The van der Waals surface area contributed by atoms with Gasteiger partial charge in [0.15, 0.2) is 5.13 Å². The Morgan fingerprint density at radius 1 is 1.30 bits per heavy atom. The number of nitrogens with zero attached hydrogens (tertiary/aromatic N) is 1. The molecule has 1 aromatic heterocycles. The summed E-state index contributed by atoms with van der Waals surface area (Å²) in [6.07, 6.45) is 5.16. The van der Waals surface area contributed by atoms with E-state index in [2.05, 4.69) is 31.1 Å². The van der Waals surface area contributed by atoms with Gasteiger partial charge in [0.2, 0.25) is 0 Å². The number of hydrogen-bond donors (Lipinski definition) is 1. The van der Waals surface area contributed by atoms with Crippen molar-refractivity contribution in [2.75, 3.05) is 11.9 Å².